The molecule has 0 spiro atoms. The van der Waals surface area contributed by atoms with Gasteiger partial charge in [0.1, 0.15) is 0 Å². The number of aliphatic hydroxyl groups excluding tert-OH is 1. The molecule has 1 aromatic carbocycles. The molecule has 0 saturated carbocycles. The van der Waals surface area contributed by atoms with Crippen molar-refractivity contribution in [1.82, 2.24) is 0 Å². The van der Waals surface area contributed by atoms with Crippen LogP contribution in [-0.4, -0.2) is 20.5 Å². The zero-order valence-electron chi connectivity index (χ0n) is 9.48. The van der Waals surface area contributed by atoms with Gasteiger partial charge in [0.25, 0.3) is 0 Å². The minimum atomic E-state index is -0.317. The van der Waals surface area contributed by atoms with Crippen LogP contribution in [0.1, 0.15) is 17.9 Å². The molecule has 0 aliphatic heterocycles. The maximum atomic E-state index is 9.04. The predicted octanol–water partition coefficient (Wildman–Crippen LogP) is 3.00. The summed E-state index contributed by atoms with van der Waals surface area (Å²) in [5.74, 6) is 0.371. The molecule has 1 nitrogen and oxygen atoms in total. The highest BCUT2D eigenvalue weighted by molar-refractivity contribution is 6.61. The summed E-state index contributed by atoms with van der Waals surface area (Å²) in [5, 5.41) is 9.04. The summed E-state index contributed by atoms with van der Waals surface area (Å²) in [5.41, 5.74) is 3.60. The van der Waals surface area contributed by atoms with Gasteiger partial charge in [0.05, 0.1) is 8.80 Å². The molecule has 1 rings (SSSR count). The fourth-order valence-corrected chi connectivity index (χ4v) is 2.14. The highest BCUT2D eigenvalue weighted by Gasteiger charge is 2.06. The van der Waals surface area contributed by atoms with E-state index in [1.807, 2.05) is 6.07 Å². The van der Waals surface area contributed by atoms with Crippen molar-refractivity contribution in [3.05, 3.63) is 47.7 Å². The third-order valence-electron chi connectivity index (χ3n) is 2.33. The Morgan fingerprint density at radius 1 is 1.27 bits per heavy atom. The third kappa shape index (κ3) is 4.45. The van der Waals surface area contributed by atoms with Crippen molar-refractivity contribution in [2.45, 2.75) is 25.4 Å². The minimum Gasteiger partial charge on any atom is -0.396 e. The Labute approximate surface area is 94.1 Å². The topological polar surface area (TPSA) is 20.2 Å². The molecular formula is C13H19OSi. The van der Waals surface area contributed by atoms with E-state index < -0.39 is 0 Å². The third-order valence-corrected chi connectivity index (χ3v) is 3.19. The maximum absolute atomic E-state index is 9.04. The molecule has 0 amide bonds. The Bertz CT molecular complexity index is 293. The van der Waals surface area contributed by atoms with E-state index in [1.54, 1.807) is 0 Å². The second kappa shape index (κ2) is 6.59. The summed E-state index contributed by atoms with van der Waals surface area (Å²) in [6.45, 7) is 4.78. The molecule has 0 saturated heterocycles. The highest BCUT2D eigenvalue weighted by atomic mass is 28.3. The van der Waals surface area contributed by atoms with E-state index in [2.05, 4.69) is 49.1 Å². The van der Waals surface area contributed by atoms with E-state index in [4.69, 9.17) is 5.11 Å². The fraction of sp³-hybridized carbons (Fsp3) is 0.385. The van der Waals surface area contributed by atoms with Gasteiger partial charge in [-0.25, -0.2) is 0 Å². The van der Waals surface area contributed by atoms with Gasteiger partial charge in [-0.3, -0.25) is 0 Å². The van der Waals surface area contributed by atoms with Crippen molar-refractivity contribution >= 4 is 8.80 Å². The van der Waals surface area contributed by atoms with Crippen LogP contribution >= 0.6 is 0 Å². The number of allylic oxidation sites excluding steroid dienone is 1. The van der Waals surface area contributed by atoms with Crippen LogP contribution in [0.2, 0.25) is 13.1 Å². The summed E-state index contributed by atoms with van der Waals surface area (Å²) in [7, 11) is -0.317. The van der Waals surface area contributed by atoms with Crippen molar-refractivity contribution in [2.75, 3.05) is 6.61 Å². The molecule has 1 radical (unpaired) electrons. The molecule has 0 aromatic heterocycles. The molecule has 1 unspecified atom stereocenters. The molecule has 81 valence electrons. The molecular weight excluding hydrogens is 200 g/mol. The monoisotopic (exact) mass is 219 g/mol. The molecule has 1 aromatic rings. The summed E-state index contributed by atoms with van der Waals surface area (Å²) >= 11 is 0. The molecule has 0 aliphatic carbocycles. The first-order valence-corrected chi connectivity index (χ1v) is 7.96. The van der Waals surface area contributed by atoms with Crippen LogP contribution in [0.25, 0.3) is 0 Å². The highest BCUT2D eigenvalue weighted by Crippen LogP contribution is 2.20. The lowest BCUT2D eigenvalue weighted by molar-refractivity contribution is 0.283. The normalized spacial score (nSPS) is 13.6. The second-order valence-electron chi connectivity index (χ2n) is 3.97. The molecule has 1 atom stereocenters. The van der Waals surface area contributed by atoms with E-state index in [-0.39, 0.29) is 15.4 Å². The smallest absolute Gasteiger partial charge is 0.0689 e. The lowest BCUT2D eigenvalue weighted by Crippen LogP contribution is -2.01. The van der Waals surface area contributed by atoms with Crippen molar-refractivity contribution < 1.29 is 5.11 Å². The summed E-state index contributed by atoms with van der Waals surface area (Å²) in [6, 6.07) is 10.4. The Kier molecular flexibility index (Phi) is 5.36. The molecule has 2 heteroatoms. The van der Waals surface area contributed by atoms with Crippen LogP contribution in [-0.2, 0) is 0 Å². The minimum absolute atomic E-state index is 0.249. The summed E-state index contributed by atoms with van der Waals surface area (Å²) in [4.78, 5) is 0. The second-order valence-corrected chi connectivity index (χ2v) is 6.45. The summed E-state index contributed by atoms with van der Waals surface area (Å²) < 4.78 is 0. The molecule has 0 aliphatic rings. The van der Waals surface area contributed by atoms with E-state index in [0.29, 0.717) is 5.92 Å². The van der Waals surface area contributed by atoms with E-state index in [0.717, 1.165) is 6.42 Å². The lowest BCUT2D eigenvalue weighted by atomic mass is 9.96. The zero-order valence-corrected chi connectivity index (χ0v) is 10.5. The Morgan fingerprint density at radius 3 is 2.47 bits per heavy atom. The maximum Gasteiger partial charge on any atom is 0.0689 e. The van der Waals surface area contributed by atoms with Crippen LogP contribution < -0.4 is 0 Å². The molecule has 0 heterocycles. The first-order chi connectivity index (χ1) is 7.24. The first-order valence-electron chi connectivity index (χ1n) is 5.38. The van der Waals surface area contributed by atoms with Gasteiger partial charge in [-0.1, -0.05) is 55.2 Å². The van der Waals surface area contributed by atoms with Crippen LogP contribution in [0, 0.1) is 0 Å². The number of benzene rings is 1. The average molecular weight is 219 g/mol. The van der Waals surface area contributed by atoms with E-state index >= 15 is 0 Å². The summed E-state index contributed by atoms with van der Waals surface area (Å²) in [6.07, 6.45) is 3.06. The first kappa shape index (κ1) is 12.2. The quantitative estimate of drug-likeness (QED) is 0.755. The largest absolute Gasteiger partial charge is 0.396 e. The SMILES string of the molecule is C[Si](C)/C=C\C(CCO)c1ccccc1. The van der Waals surface area contributed by atoms with Gasteiger partial charge in [0.15, 0.2) is 0 Å². The fourth-order valence-electron chi connectivity index (χ4n) is 1.52. The Balaban J connectivity index is 2.74. The van der Waals surface area contributed by atoms with Gasteiger partial charge in [-0.05, 0) is 12.0 Å². The Morgan fingerprint density at radius 2 is 1.93 bits per heavy atom. The van der Waals surface area contributed by atoms with Gasteiger partial charge in [-0.15, -0.1) is 0 Å². The van der Waals surface area contributed by atoms with Crippen LogP contribution in [0.15, 0.2) is 42.1 Å². The standard InChI is InChI=1S/C13H19OSi/c1-15(2)11-9-13(8-10-14)12-6-4-3-5-7-12/h3-7,9,11,13-14H,8,10H2,1-2H3/b11-9-. The van der Waals surface area contributed by atoms with Crippen molar-refractivity contribution in [3.63, 3.8) is 0 Å². The van der Waals surface area contributed by atoms with Crippen molar-refractivity contribution in [3.8, 4) is 0 Å². The molecule has 15 heavy (non-hydrogen) atoms. The van der Waals surface area contributed by atoms with E-state index in [1.165, 1.54) is 5.56 Å². The number of hydrogen-bond donors (Lipinski definition) is 1. The van der Waals surface area contributed by atoms with Gasteiger partial charge in [0, 0.05) is 12.5 Å². The van der Waals surface area contributed by atoms with E-state index in [9.17, 15) is 0 Å². The Hall–Kier alpha value is -0.863. The van der Waals surface area contributed by atoms with Gasteiger partial charge in [-0.2, -0.15) is 0 Å². The van der Waals surface area contributed by atoms with Gasteiger partial charge in [0.2, 0.25) is 0 Å². The average Bonchev–Trinajstić information content (AvgIpc) is 2.25. The molecule has 1 N–H and O–H groups in total. The molecule has 0 fully saturated rings. The predicted molar refractivity (Wildman–Crippen MR) is 67.5 cm³/mol. The van der Waals surface area contributed by atoms with Crippen LogP contribution in [0.4, 0.5) is 0 Å². The van der Waals surface area contributed by atoms with Crippen LogP contribution in [0.3, 0.4) is 0 Å². The van der Waals surface area contributed by atoms with Gasteiger partial charge >= 0.3 is 0 Å². The number of hydrogen-bond acceptors (Lipinski definition) is 1. The molecule has 0 bridgehead atoms. The number of aliphatic hydroxyl groups is 1. The van der Waals surface area contributed by atoms with Gasteiger partial charge < -0.3 is 5.11 Å². The number of rotatable bonds is 5. The van der Waals surface area contributed by atoms with Crippen LogP contribution in [0.5, 0.6) is 0 Å². The van der Waals surface area contributed by atoms with Crippen molar-refractivity contribution in [2.24, 2.45) is 0 Å². The zero-order chi connectivity index (χ0) is 11.1. The van der Waals surface area contributed by atoms with Crippen molar-refractivity contribution in [1.29, 1.82) is 0 Å². The lowest BCUT2D eigenvalue weighted by Gasteiger charge is -2.11.